The molecule has 2 aromatic rings. The molecule has 0 unspecified atom stereocenters. The fraction of sp³-hybridized carbons (Fsp3) is 0.438. The Morgan fingerprint density at radius 2 is 2.05 bits per heavy atom. The largest absolute Gasteiger partial charge is 0.294 e. The Kier molecular flexibility index (Phi) is 5.28. The molecule has 21 heavy (non-hydrogen) atoms. The third-order valence-corrected chi connectivity index (χ3v) is 4.52. The van der Waals surface area contributed by atoms with E-state index in [9.17, 15) is 4.79 Å². The number of carbonyl (C=O) groups excluding carboxylic acids is 1. The third kappa shape index (κ3) is 3.23. The van der Waals surface area contributed by atoms with E-state index >= 15 is 0 Å². The minimum Gasteiger partial charge on any atom is -0.294 e. The van der Waals surface area contributed by atoms with Crippen LogP contribution in [0.1, 0.15) is 48.1 Å². The maximum Gasteiger partial charge on any atom is 0.169 e. The number of carbonyl (C=O) groups is 1. The molecule has 0 N–H and O–H groups in total. The zero-order chi connectivity index (χ0) is 15.4. The number of hydrogen-bond acceptors (Lipinski definition) is 3. The second-order valence-corrected chi connectivity index (χ2v) is 5.66. The van der Waals surface area contributed by atoms with Gasteiger partial charge in [-0.2, -0.15) is 5.10 Å². The van der Waals surface area contributed by atoms with Gasteiger partial charge in [0.05, 0.1) is 22.3 Å². The van der Waals surface area contributed by atoms with Crippen molar-refractivity contribution in [1.29, 1.82) is 0 Å². The van der Waals surface area contributed by atoms with Crippen molar-refractivity contribution in [1.82, 2.24) is 14.8 Å². The number of halogens is 1. The summed E-state index contributed by atoms with van der Waals surface area (Å²) in [6.45, 7) is 6.90. The second-order valence-electron chi connectivity index (χ2n) is 4.86. The summed E-state index contributed by atoms with van der Waals surface area (Å²) in [4.78, 5) is 16.7. The summed E-state index contributed by atoms with van der Waals surface area (Å²) in [6, 6.07) is 1.81. The quantitative estimate of drug-likeness (QED) is 0.748. The molecule has 112 valence electrons. The molecule has 4 nitrogen and oxygen atoms in total. The number of rotatable bonds is 6. The molecule has 0 atom stereocenters. The van der Waals surface area contributed by atoms with E-state index < -0.39 is 0 Å². The van der Waals surface area contributed by atoms with E-state index in [0.717, 1.165) is 46.4 Å². The zero-order valence-electron chi connectivity index (χ0n) is 12.7. The maximum atomic E-state index is 12.6. The highest BCUT2D eigenvalue weighted by atomic mass is 79.9. The van der Waals surface area contributed by atoms with Gasteiger partial charge in [-0.25, -0.2) is 0 Å². The lowest BCUT2D eigenvalue weighted by Crippen LogP contribution is -2.12. The summed E-state index contributed by atoms with van der Waals surface area (Å²) in [5.74, 6) is 0.118. The SMILES string of the molecule is CCc1cnccc1C(=O)Cc1c(Br)c(CC)nn1CC. The summed E-state index contributed by atoms with van der Waals surface area (Å²) in [7, 11) is 0. The molecule has 0 saturated carbocycles. The van der Waals surface area contributed by atoms with Crippen LogP contribution in [0.4, 0.5) is 0 Å². The predicted octanol–water partition coefficient (Wildman–Crippen LogP) is 3.61. The van der Waals surface area contributed by atoms with Crippen molar-refractivity contribution in [3.8, 4) is 0 Å². The lowest BCUT2D eigenvalue weighted by molar-refractivity contribution is 0.0989. The van der Waals surface area contributed by atoms with E-state index in [1.807, 2.05) is 24.6 Å². The van der Waals surface area contributed by atoms with Crippen LogP contribution in [0, 0.1) is 0 Å². The van der Waals surface area contributed by atoms with Crippen molar-refractivity contribution in [3.05, 3.63) is 45.4 Å². The molecule has 0 aliphatic rings. The van der Waals surface area contributed by atoms with Crippen molar-refractivity contribution >= 4 is 21.7 Å². The van der Waals surface area contributed by atoms with Gasteiger partial charge in [-0.15, -0.1) is 0 Å². The first-order valence-electron chi connectivity index (χ1n) is 7.32. The molecule has 0 aliphatic carbocycles. The van der Waals surface area contributed by atoms with E-state index in [2.05, 4.69) is 32.9 Å². The Bertz CT molecular complexity index is 649. The second kappa shape index (κ2) is 6.98. The molecule has 2 heterocycles. The van der Waals surface area contributed by atoms with Gasteiger partial charge in [0.1, 0.15) is 0 Å². The lowest BCUT2D eigenvalue weighted by Gasteiger charge is -2.08. The van der Waals surface area contributed by atoms with Crippen LogP contribution in [0.25, 0.3) is 0 Å². The molecule has 5 heteroatoms. The van der Waals surface area contributed by atoms with Crippen LogP contribution >= 0.6 is 15.9 Å². The van der Waals surface area contributed by atoms with Gasteiger partial charge in [0.25, 0.3) is 0 Å². The van der Waals surface area contributed by atoms with Gasteiger partial charge in [0, 0.05) is 24.5 Å². The molecular weight excluding hydrogens is 330 g/mol. The van der Waals surface area contributed by atoms with Crippen LogP contribution in [0.5, 0.6) is 0 Å². The number of aryl methyl sites for hydroxylation is 3. The number of ketones is 1. The summed E-state index contributed by atoms with van der Waals surface area (Å²) in [6.07, 6.45) is 5.47. The van der Waals surface area contributed by atoms with Crippen molar-refractivity contribution in [2.24, 2.45) is 0 Å². The molecule has 0 spiro atoms. The van der Waals surface area contributed by atoms with Crippen LogP contribution in [0.3, 0.4) is 0 Å². The summed E-state index contributed by atoms with van der Waals surface area (Å²) in [5.41, 5.74) is 3.72. The predicted molar refractivity (Wildman–Crippen MR) is 86.6 cm³/mol. The third-order valence-electron chi connectivity index (χ3n) is 3.61. The molecule has 0 aromatic carbocycles. The van der Waals surface area contributed by atoms with Crippen LogP contribution in [-0.4, -0.2) is 20.5 Å². The number of pyridine rings is 1. The molecule has 0 fully saturated rings. The number of hydrogen-bond donors (Lipinski definition) is 0. The number of aromatic nitrogens is 3. The Morgan fingerprint density at radius 1 is 1.29 bits per heavy atom. The van der Waals surface area contributed by atoms with Crippen molar-refractivity contribution < 1.29 is 4.79 Å². The van der Waals surface area contributed by atoms with Crippen LogP contribution < -0.4 is 0 Å². The normalized spacial score (nSPS) is 10.9. The maximum absolute atomic E-state index is 12.6. The van der Waals surface area contributed by atoms with Crippen LogP contribution in [0.2, 0.25) is 0 Å². The van der Waals surface area contributed by atoms with Gasteiger partial charge in [-0.05, 0) is 47.3 Å². The van der Waals surface area contributed by atoms with Gasteiger partial charge >= 0.3 is 0 Å². The van der Waals surface area contributed by atoms with Crippen molar-refractivity contribution in [2.45, 2.75) is 46.6 Å². The van der Waals surface area contributed by atoms with Gasteiger partial charge < -0.3 is 0 Å². The van der Waals surface area contributed by atoms with Gasteiger partial charge in [0.2, 0.25) is 0 Å². The minimum absolute atomic E-state index is 0.118. The molecule has 0 saturated heterocycles. The lowest BCUT2D eigenvalue weighted by atomic mass is 10.0. The molecule has 0 radical (unpaired) electrons. The molecule has 2 aromatic heterocycles. The van der Waals surface area contributed by atoms with E-state index in [1.54, 1.807) is 12.4 Å². The Labute approximate surface area is 133 Å². The topological polar surface area (TPSA) is 47.8 Å². The highest BCUT2D eigenvalue weighted by Gasteiger charge is 2.19. The van der Waals surface area contributed by atoms with E-state index in [1.165, 1.54) is 0 Å². The Morgan fingerprint density at radius 3 is 2.67 bits per heavy atom. The van der Waals surface area contributed by atoms with Crippen LogP contribution in [-0.2, 0) is 25.8 Å². The summed E-state index contributed by atoms with van der Waals surface area (Å²) >= 11 is 3.59. The van der Waals surface area contributed by atoms with E-state index in [4.69, 9.17) is 0 Å². The van der Waals surface area contributed by atoms with Gasteiger partial charge in [0.15, 0.2) is 5.78 Å². The molecular formula is C16H20BrN3O. The molecule has 2 rings (SSSR count). The highest BCUT2D eigenvalue weighted by Crippen LogP contribution is 2.24. The molecule has 0 aliphatic heterocycles. The fourth-order valence-electron chi connectivity index (χ4n) is 2.41. The molecule has 0 bridgehead atoms. The smallest absolute Gasteiger partial charge is 0.169 e. The zero-order valence-corrected chi connectivity index (χ0v) is 14.3. The number of Topliss-reactive ketones (excluding diaryl/α,β-unsaturated/α-hetero) is 1. The Balaban J connectivity index is 2.33. The first kappa shape index (κ1) is 15.9. The number of nitrogens with zero attached hydrogens (tertiary/aromatic N) is 3. The van der Waals surface area contributed by atoms with Crippen molar-refractivity contribution in [3.63, 3.8) is 0 Å². The Hall–Kier alpha value is -1.49. The van der Waals surface area contributed by atoms with E-state index in [0.29, 0.717) is 6.42 Å². The first-order chi connectivity index (χ1) is 10.1. The first-order valence-corrected chi connectivity index (χ1v) is 8.11. The summed E-state index contributed by atoms with van der Waals surface area (Å²) < 4.78 is 2.88. The van der Waals surface area contributed by atoms with Gasteiger partial charge in [-0.3, -0.25) is 14.5 Å². The fourth-order valence-corrected chi connectivity index (χ4v) is 3.12. The van der Waals surface area contributed by atoms with Crippen LogP contribution in [0.15, 0.2) is 22.9 Å². The highest BCUT2D eigenvalue weighted by molar-refractivity contribution is 9.10. The molecule has 0 amide bonds. The summed E-state index contributed by atoms with van der Waals surface area (Å²) in [5, 5.41) is 4.54. The van der Waals surface area contributed by atoms with Gasteiger partial charge in [-0.1, -0.05) is 13.8 Å². The average molecular weight is 350 g/mol. The standard InChI is InChI=1S/C16H20BrN3O/c1-4-11-10-18-8-7-12(11)15(21)9-14-16(17)13(5-2)19-20(14)6-3/h7-8,10H,4-6,9H2,1-3H3. The average Bonchev–Trinajstić information content (AvgIpc) is 2.83. The van der Waals surface area contributed by atoms with E-state index in [-0.39, 0.29) is 5.78 Å². The van der Waals surface area contributed by atoms with Crippen molar-refractivity contribution in [2.75, 3.05) is 0 Å². The minimum atomic E-state index is 0.118. The monoisotopic (exact) mass is 349 g/mol.